The van der Waals surface area contributed by atoms with Crippen molar-refractivity contribution in [3.8, 4) is 11.1 Å². The number of carbonyl (C=O) groups is 1. The number of piperazine rings is 1. The molecule has 2 aromatic carbocycles. The average molecular weight is 324 g/mol. The van der Waals surface area contributed by atoms with Gasteiger partial charge in [0.05, 0.1) is 0 Å². The summed E-state index contributed by atoms with van der Waals surface area (Å²) in [5.41, 5.74) is 15.7. The Labute approximate surface area is 142 Å². The molecule has 1 saturated heterocycles. The van der Waals surface area contributed by atoms with Crippen molar-refractivity contribution in [3.63, 3.8) is 0 Å². The summed E-state index contributed by atoms with van der Waals surface area (Å²) in [5.74, 6) is -0.443. The molecule has 2 aromatic rings. The lowest BCUT2D eigenvalue weighted by atomic mass is 9.98. The van der Waals surface area contributed by atoms with E-state index >= 15 is 0 Å². The number of hydrogen-bond acceptors (Lipinski definition) is 4. The van der Waals surface area contributed by atoms with Crippen LogP contribution in [0.25, 0.3) is 11.1 Å². The number of amides is 1. The minimum atomic E-state index is -0.443. The van der Waals surface area contributed by atoms with E-state index in [1.54, 1.807) is 18.2 Å². The second-order valence-electron chi connectivity index (χ2n) is 6.39. The van der Waals surface area contributed by atoms with Gasteiger partial charge in [-0.15, -0.1) is 0 Å². The fourth-order valence-electron chi connectivity index (χ4n) is 3.15. The minimum absolute atomic E-state index is 0.443. The first kappa shape index (κ1) is 16.5. The van der Waals surface area contributed by atoms with Gasteiger partial charge in [-0.2, -0.15) is 0 Å². The summed E-state index contributed by atoms with van der Waals surface area (Å²) in [6.45, 7) is 6.24. The molecule has 0 radical (unpaired) electrons. The third-order valence-corrected chi connectivity index (χ3v) is 4.60. The smallest absolute Gasteiger partial charge is 0.248 e. The third-order valence-electron chi connectivity index (χ3n) is 4.60. The Balaban J connectivity index is 1.88. The normalized spacial score (nSPS) is 18.5. The molecule has 0 saturated carbocycles. The lowest BCUT2D eigenvalue weighted by Crippen LogP contribution is -2.49. The number of anilines is 1. The summed E-state index contributed by atoms with van der Waals surface area (Å²) < 4.78 is 0. The van der Waals surface area contributed by atoms with Crippen LogP contribution in [0.15, 0.2) is 42.5 Å². The second kappa shape index (κ2) is 7.03. The first-order valence-electron chi connectivity index (χ1n) is 8.28. The van der Waals surface area contributed by atoms with E-state index in [0.29, 0.717) is 17.3 Å². The summed E-state index contributed by atoms with van der Waals surface area (Å²) in [7, 11) is 0. The van der Waals surface area contributed by atoms with E-state index in [4.69, 9.17) is 11.5 Å². The van der Waals surface area contributed by atoms with E-state index in [9.17, 15) is 4.79 Å². The molecule has 5 heteroatoms. The summed E-state index contributed by atoms with van der Waals surface area (Å²) >= 11 is 0. The van der Waals surface area contributed by atoms with Crippen LogP contribution in [-0.4, -0.2) is 36.5 Å². The van der Waals surface area contributed by atoms with Gasteiger partial charge in [0.2, 0.25) is 5.91 Å². The predicted molar refractivity (Wildman–Crippen MR) is 97.6 cm³/mol. The molecule has 1 atom stereocenters. The highest BCUT2D eigenvalue weighted by atomic mass is 16.1. The van der Waals surface area contributed by atoms with Crippen molar-refractivity contribution >= 4 is 11.6 Å². The largest absolute Gasteiger partial charge is 0.398 e. The fourth-order valence-corrected chi connectivity index (χ4v) is 3.15. The van der Waals surface area contributed by atoms with Gasteiger partial charge in [-0.1, -0.05) is 18.2 Å². The number of hydrogen-bond donors (Lipinski definition) is 3. The molecule has 0 bridgehead atoms. The Bertz CT molecular complexity index is 744. The van der Waals surface area contributed by atoms with Crippen molar-refractivity contribution in [3.05, 3.63) is 53.6 Å². The molecular weight excluding hydrogens is 300 g/mol. The van der Waals surface area contributed by atoms with E-state index in [0.717, 1.165) is 37.3 Å². The van der Waals surface area contributed by atoms with Crippen LogP contribution in [0.2, 0.25) is 0 Å². The molecule has 1 heterocycles. The number of nitrogen functional groups attached to an aromatic ring is 1. The summed E-state index contributed by atoms with van der Waals surface area (Å²) in [4.78, 5) is 13.9. The van der Waals surface area contributed by atoms with Crippen LogP contribution >= 0.6 is 0 Å². The zero-order valence-electron chi connectivity index (χ0n) is 14.0. The molecule has 1 amide bonds. The lowest BCUT2D eigenvalue weighted by Gasteiger charge is -2.34. The Morgan fingerprint density at radius 1 is 1.29 bits per heavy atom. The van der Waals surface area contributed by atoms with Gasteiger partial charge in [-0.25, -0.2) is 0 Å². The van der Waals surface area contributed by atoms with E-state index in [-0.39, 0.29) is 0 Å². The second-order valence-corrected chi connectivity index (χ2v) is 6.39. The Morgan fingerprint density at radius 2 is 2.12 bits per heavy atom. The number of rotatable bonds is 4. The minimum Gasteiger partial charge on any atom is -0.398 e. The van der Waals surface area contributed by atoms with Crippen molar-refractivity contribution in [1.29, 1.82) is 0 Å². The number of nitrogens with zero attached hydrogens (tertiary/aromatic N) is 1. The molecule has 24 heavy (non-hydrogen) atoms. The van der Waals surface area contributed by atoms with Gasteiger partial charge in [-0.3, -0.25) is 9.69 Å². The van der Waals surface area contributed by atoms with Gasteiger partial charge in [0.15, 0.2) is 0 Å². The van der Waals surface area contributed by atoms with Gasteiger partial charge < -0.3 is 16.8 Å². The van der Waals surface area contributed by atoms with Crippen LogP contribution < -0.4 is 16.8 Å². The monoisotopic (exact) mass is 324 g/mol. The quantitative estimate of drug-likeness (QED) is 0.749. The molecule has 3 rings (SSSR count). The van der Waals surface area contributed by atoms with Gasteiger partial charge in [0, 0.05) is 49.0 Å². The third kappa shape index (κ3) is 3.58. The number of nitrogens with one attached hydrogen (secondary N) is 1. The Morgan fingerprint density at radius 3 is 2.88 bits per heavy atom. The molecule has 126 valence electrons. The molecule has 5 nitrogen and oxygen atoms in total. The summed E-state index contributed by atoms with van der Waals surface area (Å²) in [5, 5.41) is 3.41. The Kier molecular flexibility index (Phi) is 4.83. The SMILES string of the molecule is CC1CNCCN1Cc1cccc(-c2cc(C(N)=O)ccc2N)c1. The molecule has 0 aliphatic carbocycles. The molecule has 0 aromatic heterocycles. The lowest BCUT2D eigenvalue weighted by molar-refractivity contribution is 0.100. The fraction of sp³-hybridized carbons (Fsp3) is 0.316. The molecule has 1 aliphatic rings. The first-order valence-corrected chi connectivity index (χ1v) is 8.28. The van der Waals surface area contributed by atoms with Gasteiger partial charge in [-0.05, 0) is 42.3 Å². The average Bonchev–Trinajstić information content (AvgIpc) is 2.57. The summed E-state index contributed by atoms with van der Waals surface area (Å²) in [6, 6.07) is 14.0. The summed E-state index contributed by atoms with van der Waals surface area (Å²) in [6.07, 6.45) is 0. The van der Waals surface area contributed by atoms with Crippen LogP contribution in [0, 0.1) is 0 Å². The molecule has 1 aliphatic heterocycles. The van der Waals surface area contributed by atoms with Crippen molar-refractivity contribution < 1.29 is 4.79 Å². The standard InChI is InChI=1S/C19H24N4O/c1-13-11-22-7-8-23(13)12-14-3-2-4-15(9-14)17-10-16(19(21)24)5-6-18(17)20/h2-6,9-10,13,22H,7-8,11-12,20H2,1H3,(H2,21,24). The van der Waals surface area contributed by atoms with Crippen molar-refractivity contribution in [2.24, 2.45) is 5.73 Å². The van der Waals surface area contributed by atoms with Crippen LogP contribution in [0.4, 0.5) is 5.69 Å². The molecule has 0 spiro atoms. The van der Waals surface area contributed by atoms with Crippen LogP contribution in [0.3, 0.4) is 0 Å². The first-order chi connectivity index (χ1) is 11.5. The zero-order valence-corrected chi connectivity index (χ0v) is 14.0. The number of nitrogens with two attached hydrogens (primary N) is 2. The van der Waals surface area contributed by atoms with E-state index in [1.807, 2.05) is 12.1 Å². The maximum atomic E-state index is 11.4. The van der Waals surface area contributed by atoms with Gasteiger partial charge in [0.1, 0.15) is 0 Å². The molecular formula is C19H24N4O. The van der Waals surface area contributed by atoms with E-state index in [1.165, 1.54) is 5.56 Å². The van der Waals surface area contributed by atoms with Crippen molar-refractivity contribution in [2.45, 2.75) is 19.5 Å². The number of carbonyl (C=O) groups excluding carboxylic acids is 1. The highest BCUT2D eigenvalue weighted by molar-refractivity contribution is 5.95. The maximum absolute atomic E-state index is 11.4. The van der Waals surface area contributed by atoms with Crippen molar-refractivity contribution in [2.75, 3.05) is 25.4 Å². The Hall–Kier alpha value is -2.37. The van der Waals surface area contributed by atoms with Crippen LogP contribution in [-0.2, 0) is 6.54 Å². The predicted octanol–water partition coefficient (Wildman–Crippen LogP) is 1.83. The van der Waals surface area contributed by atoms with Crippen LogP contribution in [0.1, 0.15) is 22.8 Å². The van der Waals surface area contributed by atoms with E-state index < -0.39 is 5.91 Å². The molecule has 1 fully saturated rings. The zero-order chi connectivity index (χ0) is 17.1. The maximum Gasteiger partial charge on any atom is 0.248 e. The molecule has 5 N–H and O–H groups in total. The van der Waals surface area contributed by atoms with E-state index in [2.05, 4.69) is 29.3 Å². The molecule has 1 unspecified atom stereocenters. The van der Waals surface area contributed by atoms with Crippen LogP contribution in [0.5, 0.6) is 0 Å². The number of primary amides is 1. The topological polar surface area (TPSA) is 84.4 Å². The van der Waals surface area contributed by atoms with Gasteiger partial charge in [0.25, 0.3) is 0 Å². The number of benzene rings is 2. The van der Waals surface area contributed by atoms with Gasteiger partial charge >= 0.3 is 0 Å². The van der Waals surface area contributed by atoms with Crippen molar-refractivity contribution in [1.82, 2.24) is 10.2 Å². The highest BCUT2D eigenvalue weighted by Crippen LogP contribution is 2.28. The highest BCUT2D eigenvalue weighted by Gasteiger charge is 2.18.